The van der Waals surface area contributed by atoms with E-state index in [0.717, 1.165) is 13.0 Å². The Hall–Kier alpha value is -1.46. The van der Waals surface area contributed by atoms with Crippen LogP contribution in [0.2, 0.25) is 0 Å². The predicted octanol–water partition coefficient (Wildman–Crippen LogP) is 1.17. The minimum Gasteiger partial charge on any atom is -0.366 e. The molecule has 1 atom stereocenters. The van der Waals surface area contributed by atoms with Gasteiger partial charge in [-0.15, -0.1) is 0 Å². The van der Waals surface area contributed by atoms with Crippen LogP contribution in [0, 0.1) is 5.82 Å². The van der Waals surface area contributed by atoms with Crippen LogP contribution in [-0.2, 0) is 9.53 Å². The van der Waals surface area contributed by atoms with Crippen molar-refractivity contribution in [1.82, 2.24) is 5.32 Å². The fourth-order valence-corrected chi connectivity index (χ4v) is 2.00. The summed E-state index contributed by atoms with van der Waals surface area (Å²) < 4.78 is 18.6. The van der Waals surface area contributed by atoms with Crippen LogP contribution < -0.4 is 10.2 Å². The number of morpholine rings is 1. The number of nitrogens with zero attached hydrogens (tertiary/aromatic N) is 1. The van der Waals surface area contributed by atoms with Crippen molar-refractivity contribution in [3.63, 3.8) is 0 Å². The quantitative estimate of drug-likeness (QED) is 0.874. The maximum atomic E-state index is 13.2. The topological polar surface area (TPSA) is 41.6 Å². The minimum absolute atomic E-state index is 0.00147. The largest absolute Gasteiger partial charge is 0.366 e. The van der Waals surface area contributed by atoms with E-state index in [1.165, 1.54) is 12.1 Å². The van der Waals surface area contributed by atoms with Crippen molar-refractivity contribution in [2.45, 2.75) is 12.5 Å². The molecule has 1 amide bonds. The number of carbonyl (C=O) groups is 1. The first-order valence-electron chi connectivity index (χ1n) is 6.03. The summed E-state index contributed by atoms with van der Waals surface area (Å²) in [6, 6.07) is 6.09. The van der Waals surface area contributed by atoms with Gasteiger partial charge in [0, 0.05) is 5.69 Å². The Morgan fingerprint density at radius 3 is 3.11 bits per heavy atom. The minimum atomic E-state index is -0.335. The molecule has 98 valence electrons. The van der Waals surface area contributed by atoms with Gasteiger partial charge in [-0.2, -0.15) is 0 Å². The molecular weight excluding hydrogens is 235 g/mol. The Morgan fingerprint density at radius 2 is 2.39 bits per heavy atom. The van der Waals surface area contributed by atoms with Crippen LogP contribution in [0.4, 0.5) is 10.1 Å². The van der Waals surface area contributed by atoms with Gasteiger partial charge in [0.05, 0.1) is 12.6 Å². The van der Waals surface area contributed by atoms with Crippen molar-refractivity contribution >= 4 is 11.6 Å². The average Bonchev–Trinajstić information content (AvgIpc) is 2.38. The number of hydrogen-bond acceptors (Lipinski definition) is 3. The summed E-state index contributed by atoms with van der Waals surface area (Å²) in [6.07, 6.45) is 0.827. The molecule has 1 unspecified atom stereocenters. The highest BCUT2D eigenvalue weighted by atomic mass is 19.1. The van der Waals surface area contributed by atoms with Crippen LogP contribution in [0.25, 0.3) is 0 Å². The summed E-state index contributed by atoms with van der Waals surface area (Å²) in [6.45, 7) is 1.37. The molecule has 1 aliphatic heterocycles. The van der Waals surface area contributed by atoms with Crippen molar-refractivity contribution in [2.24, 2.45) is 0 Å². The summed E-state index contributed by atoms with van der Waals surface area (Å²) in [7, 11) is 1.87. The summed E-state index contributed by atoms with van der Waals surface area (Å²) in [5.74, 6) is -0.458. The van der Waals surface area contributed by atoms with Gasteiger partial charge in [-0.25, -0.2) is 4.39 Å². The molecule has 1 fully saturated rings. The summed E-state index contributed by atoms with van der Waals surface area (Å²) in [5.41, 5.74) is 0.595. The highest BCUT2D eigenvalue weighted by Gasteiger charge is 2.27. The smallest absolute Gasteiger partial charge is 0.253 e. The third-order valence-corrected chi connectivity index (χ3v) is 2.97. The number of benzene rings is 1. The van der Waals surface area contributed by atoms with Gasteiger partial charge in [-0.1, -0.05) is 6.07 Å². The maximum absolute atomic E-state index is 13.2. The molecule has 1 N–H and O–H groups in total. The van der Waals surface area contributed by atoms with E-state index in [4.69, 9.17) is 4.74 Å². The molecule has 0 radical (unpaired) electrons. The van der Waals surface area contributed by atoms with Gasteiger partial charge in [-0.3, -0.25) is 4.79 Å². The fourth-order valence-electron chi connectivity index (χ4n) is 2.00. The molecule has 0 bridgehead atoms. The first-order chi connectivity index (χ1) is 8.70. The zero-order valence-electron chi connectivity index (χ0n) is 10.4. The molecule has 0 aliphatic carbocycles. The van der Waals surface area contributed by atoms with Gasteiger partial charge >= 0.3 is 0 Å². The van der Waals surface area contributed by atoms with Crippen LogP contribution >= 0.6 is 0 Å². The molecule has 0 saturated carbocycles. The van der Waals surface area contributed by atoms with E-state index in [1.54, 1.807) is 17.0 Å². The molecule has 0 aromatic heterocycles. The molecule has 1 saturated heterocycles. The number of nitrogens with one attached hydrogen (secondary N) is 1. The van der Waals surface area contributed by atoms with E-state index in [-0.39, 0.29) is 24.4 Å². The van der Waals surface area contributed by atoms with Gasteiger partial charge < -0.3 is 15.0 Å². The highest BCUT2D eigenvalue weighted by Crippen LogP contribution is 2.20. The number of amides is 1. The first kappa shape index (κ1) is 13.0. The molecule has 2 rings (SSSR count). The van der Waals surface area contributed by atoms with Gasteiger partial charge in [0.2, 0.25) is 0 Å². The van der Waals surface area contributed by atoms with Crippen molar-refractivity contribution < 1.29 is 13.9 Å². The third-order valence-electron chi connectivity index (χ3n) is 2.97. The second kappa shape index (κ2) is 5.93. The number of halogens is 1. The lowest BCUT2D eigenvalue weighted by Gasteiger charge is -2.32. The fraction of sp³-hybridized carbons (Fsp3) is 0.462. The second-order valence-electron chi connectivity index (χ2n) is 4.31. The Bertz CT molecular complexity index is 425. The first-order valence-corrected chi connectivity index (χ1v) is 6.03. The standard InChI is InChI=1S/C13H17FN2O2/c1-15-6-5-12-8-16(13(17)9-18-12)11-4-2-3-10(14)7-11/h2-4,7,12,15H,5-6,8-9H2,1H3. The van der Waals surface area contributed by atoms with Crippen LogP contribution in [0.1, 0.15) is 6.42 Å². The Balaban J connectivity index is 2.08. The van der Waals surface area contributed by atoms with Crippen LogP contribution in [0.3, 0.4) is 0 Å². The highest BCUT2D eigenvalue weighted by molar-refractivity contribution is 5.94. The average molecular weight is 252 g/mol. The second-order valence-corrected chi connectivity index (χ2v) is 4.31. The van der Waals surface area contributed by atoms with Crippen LogP contribution in [-0.4, -0.2) is 38.8 Å². The van der Waals surface area contributed by atoms with Crippen molar-refractivity contribution in [1.29, 1.82) is 0 Å². The Kier molecular flexibility index (Phi) is 4.28. The number of carbonyl (C=O) groups excluding carboxylic acids is 1. The molecule has 1 heterocycles. The Morgan fingerprint density at radius 1 is 1.56 bits per heavy atom. The molecule has 1 aromatic carbocycles. The van der Waals surface area contributed by atoms with E-state index in [2.05, 4.69) is 5.32 Å². The summed E-state index contributed by atoms with van der Waals surface area (Å²) >= 11 is 0. The lowest BCUT2D eigenvalue weighted by molar-refractivity contribution is -0.129. The molecular formula is C13H17FN2O2. The van der Waals surface area contributed by atoms with E-state index >= 15 is 0 Å². The molecule has 0 spiro atoms. The number of anilines is 1. The van der Waals surface area contributed by atoms with Crippen molar-refractivity contribution in [3.05, 3.63) is 30.1 Å². The zero-order chi connectivity index (χ0) is 13.0. The van der Waals surface area contributed by atoms with E-state index in [0.29, 0.717) is 12.2 Å². The van der Waals surface area contributed by atoms with Crippen molar-refractivity contribution in [3.8, 4) is 0 Å². The van der Waals surface area contributed by atoms with Crippen molar-refractivity contribution in [2.75, 3.05) is 31.6 Å². The predicted molar refractivity (Wildman–Crippen MR) is 67.0 cm³/mol. The zero-order valence-corrected chi connectivity index (χ0v) is 10.4. The molecule has 5 heteroatoms. The summed E-state index contributed by atoms with van der Waals surface area (Å²) in [4.78, 5) is 13.4. The maximum Gasteiger partial charge on any atom is 0.253 e. The van der Waals surface area contributed by atoms with Gasteiger partial charge in [0.15, 0.2) is 0 Å². The monoisotopic (exact) mass is 252 g/mol. The van der Waals surface area contributed by atoms with Crippen LogP contribution in [0.15, 0.2) is 24.3 Å². The normalized spacial score (nSPS) is 20.2. The molecule has 4 nitrogen and oxygen atoms in total. The summed E-state index contributed by atoms with van der Waals surface area (Å²) in [5, 5.41) is 3.05. The van der Waals surface area contributed by atoms with E-state index < -0.39 is 0 Å². The number of hydrogen-bond donors (Lipinski definition) is 1. The lowest BCUT2D eigenvalue weighted by Crippen LogP contribution is -2.47. The molecule has 18 heavy (non-hydrogen) atoms. The Labute approximate surface area is 106 Å². The number of rotatable bonds is 4. The van der Waals surface area contributed by atoms with Gasteiger partial charge in [-0.05, 0) is 38.2 Å². The lowest BCUT2D eigenvalue weighted by atomic mass is 10.1. The van der Waals surface area contributed by atoms with Crippen LogP contribution in [0.5, 0.6) is 0 Å². The van der Waals surface area contributed by atoms with E-state index in [9.17, 15) is 9.18 Å². The SMILES string of the molecule is CNCCC1CN(c2cccc(F)c2)C(=O)CO1. The molecule has 1 aliphatic rings. The van der Waals surface area contributed by atoms with Gasteiger partial charge in [0.25, 0.3) is 5.91 Å². The van der Waals surface area contributed by atoms with Gasteiger partial charge in [0.1, 0.15) is 12.4 Å². The van der Waals surface area contributed by atoms with E-state index in [1.807, 2.05) is 7.05 Å². The molecule has 1 aromatic rings. The number of ether oxygens (including phenoxy) is 1. The third kappa shape index (κ3) is 3.05.